The minimum absolute atomic E-state index is 0.132. The molecule has 1 amide bonds. The van der Waals surface area contributed by atoms with Crippen LogP contribution in [0.15, 0.2) is 10.6 Å². The number of amides is 1. The van der Waals surface area contributed by atoms with E-state index in [-0.39, 0.29) is 11.9 Å². The van der Waals surface area contributed by atoms with E-state index in [4.69, 9.17) is 10.3 Å². The van der Waals surface area contributed by atoms with E-state index in [0.717, 1.165) is 38.2 Å². The lowest BCUT2D eigenvalue weighted by molar-refractivity contribution is 0.0922. The highest BCUT2D eigenvalue weighted by atomic mass is 16.5. The van der Waals surface area contributed by atoms with Gasteiger partial charge in [-0.3, -0.25) is 9.69 Å². The molecule has 2 fully saturated rings. The molecular formula is C14H22N4O2. The fourth-order valence-corrected chi connectivity index (χ4v) is 2.82. The Balaban J connectivity index is 1.57. The Bertz CT molecular complexity index is 483. The third-order valence-electron chi connectivity index (χ3n) is 4.19. The van der Waals surface area contributed by atoms with Crippen LogP contribution in [0.3, 0.4) is 0 Å². The van der Waals surface area contributed by atoms with Crippen molar-refractivity contribution in [3.8, 4) is 0 Å². The van der Waals surface area contributed by atoms with Crippen molar-refractivity contribution in [2.45, 2.75) is 31.7 Å². The van der Waals surface area contributed by atoms with Gasteiger partial charge in [0.1, 0.15) is 5.76 Å². The van der Waals surface area contributed by atoms with Crippen LogP contribution in [-0.4, -0.2) is 48.2 Å². The molecule has 6 heteroatoms. The van der Waals surface area contributed by atoms with Crippen LogP contribution >= 0.6 is 0 Å². The molecule has 1 aliphatic carbocycles. The molecule has 2 heterocycles. The highest BCUT2D eigenvalue weighted by molar-refractivity contribution is 5.92. The van der Waals surface area contributed by atoms with Crippen LogP contribution in [0.5, 0.6) is 0 Å². The summed E-state index contributed by atoms with van der Waals surface area (Å²) in [7, 11) is 0. The molecule has 2 atom stereocenters. The number of hydrogen-bond donors (Lipinski definition) is 2. The molecule has 3 N–H and O–H groups in total. The van der Waals surface area contributed by atoms with Crippen molar-refractivity contribution in [2.75, 3.05) is 26.2 Å². The molecule has 2 aliphatic rings. The predicted molar refractivity (Wildman–Crippen MR) is 74.4 cm³/mol. The maximum absolute atomic E-state index is 12.2. The van der Waals surface area contributed by atoms with Gasteiger partial charge in [0.15, 0.2) is 5.69 Å². The van der Waals surface area contributed by atoms with E-state index in [0.29, 0.717) is 24.1 Å². The van der Waals surface area contributed by atoms with Gasteiger partial charge >= 0.3 is 0 Å². The van der Waals surface area contributed by atoms with Gasteiger partial charge in [0.05, 0.1) is 0 Å². The first kappa shape index (κ1) is 13.6. The molecule has 3 rings (SSSR count). The first-order valence-corrected chi connectivity index (χ1v) is 7.37. The van der Waals surface area contributed by atoms with Gasteiger partial charge in [-0.05, 0) is 18.8 Å². The molecule has 20 heavy (non-hydrogen) atoms. The third kappa shape index (κ3) is 2.86. The maximum Gasteiger partial charge on any atom is 0.273 e. The van der Waals surface area contributed by atoms with Crippen LogP contribution in [0.1, 0.15) is 41.9 Å². The van der Waals surface area contributed by atoms with Crippen LogP contribution < -0.4 is 11.1 Å². The van der Waals surface area contributed by atoms with Gasteiger partial charge in [-0.2, -0.15) is 0 Å². The molecule has 0 unspecified atom stereocenters. The Kier molecular flexibility index (Phi) is 3.76. The highest BCUT2D eigenvalue weighted by Crippen LogP contribution is 2.40. The van der Waals surface area contributed by atoms with Gasteiger partial charge in [-0.15, -0.1) is 0 Å². The molecule has 0 spiro atoms. The van der Waals surface area contributed by atoms with Crippen molar-refractivity contribution in [2.24, 2.45) is 11.7 Å². The number of aromatic nitrogens is 1. The predicted octanol–water partition coefficient (Wildman–Crippen LogP) is 0.561. The Morgan fingerprint density at radius 1 is 1.55 bits per heavy atom. The quantitative estimate of drug-likeness (QED) is 0.822. The van der Waals surface area contributed by atoms with E-state index < -0.39 is 0 Å². The van der Waals surface area contributed by atoms with Gasteiger partial charge in [0.25, 0.3) is 5.91 Å². The average Bonchev–Trinajstić information content (AvgIpc) is 3.05. The first-order chi connectivity index (χ1) is 9.67. The maximum atomic E-state index is 12.2. The molecule has 6 nitrogen and oxygen atoms in total. The summed E-state index contributed by atoms with van der Waals surface area (Å²) in [6, 6.07) is 1.94. The number of nitrogens with zero attached hydrogens (tertiary/aromatic N) is 2. The van der Waals surface area contributed by atoms with Crippen LogP contribution in [0.25, 0.3) is 0 Å². The zero-order valence-electron chi connectivity index (χ0n) is 11.8. The molecule has 110 valence electrons. The summed E-state index contributed by atoms with van der Waals surface area (Å²) < 4.78 is 5.22. The second-order valence-electron chi connectivity index (χ2n) is 5.99. The average molecular weight is 278 g/mol. The Morgan fingerprint density at radius 3 is 3.05 bits per heavy atom. The second-order valence-corrected chi connectivity index (χ2v) is 5.99. The van der Waals surface area contributed by atoms with Crippen molar-refractivity contribution >= 4 is 5.91 Å². The lowest BCUT2D eigenvalue weighted by Crippen LogP contribution is -2.40. The summed E-state index contributed by atoms with van der Waals surface area (Å²) in [5.74, 6) is 1.63. The van der Waals surface area contributed by atoms with Gasteiger partial charge < -0.3 is 15.6 Å². The second kappa shape index (κ2) is 5.54. The van der Waals surface area contributed by atoms with E-state index in [1.807, 2.05) is 0 Å². The van der Waals surface area contributed by atoms with E-state index in [1.165, 1.54) is 0 Å². The minimum Gasteiger partial charge on any atom is -0.360 e. The summed E-state index contributed by atoms with van der Waals surface area (Å²) >= 11 is 0. The number of likely N-dealkylation sites (tertiary alicyclic amines) is 1. The van der Waals surface area contributed by atoms with Gasteiger partial charge in [-0.25, -0.2) is 0 Å². The van der Waals surface area contributed by atoms with Crippen molar-refractivity contribution in [1.29, 1.82) is 0 Å². The van der Waals surface area contributed by atoms with E-state index in [9.17, 15) is 4.79 Å². The summed E-state index contributed by atoms with van der Waals surface area (Å²) in [5, 5.41) is 6.94. The first-order valence-electron chi connectivity index (χ1n) is 7.37. The Morgan fingerprint density at radius 2 is 2.35 bits per heavy atom. The SMILES string of the molecule is C[C@H]1CN(CCN)C[C@H]1NC(=O)c1cc(C2CC2)on1. The van der Waals surface area contributed by atoms with Crippen molar-refractivity contribution < 1.29 is 9.32 Å². The largest absolute Gasteiger partial charge is 0.360 e. The van der Waals surface area contributed by atoms with Crippen LogP contribution in [0.2, 0.25) is 0 Å². The summed E-state index contributed by atoms with van der Waals surface area (Å²) in [6.07, 6.45) is 2.29. The highest BCUT2D eigenvalue weighted by Gasteiger charge is 2.32. The normalized spacial score (nSPS) is 26.9. The molecule has 1 aliphatic heterocycles. The summed E-state index contributed by atoms with van der Waals surface area (Å²) in [5.41, 5.74) is 5.98. The van der Waals surface area contributed by atoms with Crippen LogP contribution in [0.4, 0.5) is 0 Å². The van der Waals surface area contributed by atoms with Crippen molar-refractivity contribution in [3.63, 3.8) is 0 Å². The number of rotatable bonds is 5. The lowest BCUT2D eigenvalue weighted by Gasteiger charge is -2.15. The van der Waals surface area contributed by atoms with Crippen molar-refractivity contribution in [3.05, 3.63) is 17.5 Å². The molecule has 0 bridgehead atoms. The lowest BCUT2D eigenvalue weighted by atomic mass is 10.1. The zero-order chi connectivity index (χ0) is 14.1. The number of nitrogens with one attached hydrogen (secondary N) is 1. The number of hydrogen-bond acceptors (Lipinski definition) is 5. The Labute approximate surface area is 118 Å². The monoisotopic (exact) mass is 278 g/mol. The molecule has 0 aromatic carbocycles. The van der Waals surface area contributed by atoms with Crippen LogP contribution in [-0.2, 0) is 0 Å². The van der Waals surface area contributed by atoms with Gasteiger partial charge in [-0.1, -0.05) is 12.1 Å². The summed E-state index contributed by atoms with van der Waals surface area (Å²) in [4.78, 5) is 14.5. The third-order valence-corrected chi connectivity index (χ3v) is 4.19. The van der Waals surface area contributed by atoms with Gasteiger partial charge in [0.2, 0.25) is 0 Å². The van der Waals surface area contributed by atoms with Gasteiger partial charge in [0, 0.05) is 44.2 Å². The molecular weight excluding hydrogens is 256 g/mol. The standard InChI is InChI=1S/C14H22N4O2/c1-9-7-18(5-4-15)8-12(9)16-14(19)11-6-13(20-17-11)10-2-3-10/h6,9-10,12H,2-5,7-8,15H2,1H3,(H,16,19)/t9-,12+/m0/s1. The fraction of sp³-hybridized carbons (Fsp3) is 0.714. The van der Waals surface area contributed by atoms with E-state index in [1.54, 1.807) is 6.07 Å². The fourth-order valence-electron chi connectivity index (χ4n) is 2.82. The van der Waals surface area contributed by atoms with E-state index >= 15 is 0 Å². The summed E-state index contributed by atoms with van der Waals surface area (Å²) in [6.45, 7) is 5.53. The number of carbonyl (C=O) groups is 1. The molecule has 1 aromatic heterocycles. The van der Waals surface area contributed by atoms with E-state index in [2.05, 4.69) is 22.3 Å². The van der Waals surface area contributed by atoms with Crippen LogP contribution in [0, 0.1) is 5.92 Å². The topological polar surface area (TPSA) is 84.4 Å². The zero-order valence-corrected chi connectivity index (χ0v) is 11.8. The smallest absolute Gasteiger partial charge is 0.273 e. The Hall–Kier alpha value is -1.40. The molecule has 1 saturated heterocycles. The molecule has 1 saturated carbocycles. The molecule has 0 radical (unpaired) electrons. The van der Waals surface area contributed by atoms with Crippen molar-refractivity contribution in [1.82, 2.24) is 15.4 Å². The minimum atomic E-state index is -0.132. The number of carbonyl (C=O) groups excluding carboxylic acids is 1. The molecule has 1 aromatic rings. The number of nitrogens with two attached hydrogens (primary N) is 1.